The summed E-state index contributed by atoms with van der Waals surface area (Å²) in [4.78, 5) is 24.3. The van der Waals surface area contributed by atoms with Crippen molar-refractivity contribution < 1.29 is 14.7 Å². The fourth-order valence-corrected chi connectivity index (χ4v) is 2.75. The second kappa shape index (κ2) is 6.63. The SMILES string of the molecule is NC(=O)C1CCCCN1c1cc(Cl)ccc1/C=C/C(=O)O. The lowest BCUT2D eigenvalue weighted by molar-refractivity contribution is -0.131. The number of hydrogen-bond donors (Lipinski definition) is 2. The van der Waals surface area contributed by atoms with Crippen LogP contribution in [0, 0.1) is 0 Å². The van der Waals surface area contributed by atoms with Crippen LogP contribution in [0.5, 0.6) is 0 Å². The van der Waals surface area contributed by atoms with E-state index in [9.17, 15) is 9.59 Å². The van der Waals surface area contributed by atoms with Crippen LogP contribution in [-0.4, -0.2) is 29.6 Å². The van der Waals surface area contributed by atoms with Crippen molar-refractivity contribution in [3.63, 3.8) is 0 Å². The van der Waals surface area contributed by atoms with Crippen molar-refractivity contribution in [1.29, 1.82) is 0 Å². The molecule has 1 fully saturated rings. The minimum absolute atomic E-state index is 0.372. The second-order valence-corrected chi connectivity index (χ2v) is 5.42. The van der Waals surface area contributed by atoms with Crippen molar-refractivity contribution in [2.24, 2.45) is 5.73 Å². The molecule has 1 aromatic rings. The summed E-state index contributed by atoms with van der Waals surface area (Å²) in [5, 5.41) is 9.30. The van der Waals surface area contributed by atoms with Crippen LogP contribution in [0.1, 0.15) is 24.8 Å². The molecular formula is C15H17ClN2O3. The molecule has 3 N–H and O–H groups in total. The number of carbonyl (C=O) groups excluding carboxylic acids is 1. The predicted octanol–water partition coefficient (Wildman–Crippen LogP) is 2.28. The largest absolute Gasteiger partial charge is 0.478 e. The summed E-state index contributed by atoms with van der Waals surface area (Å²) in [5.41, 5.74) is 6.92. The zero-order valence-electron chi connectivity index (χ0n) is 11.5. The van der Waals surface area contributed by atoms with Gasteiger partial charge < -0.3 is 15.7 Å². The highest BCUT2D eigenvalue weighted by molar-refractivity contribution is 6.31. The van der Waals surface area contributed by atoms with Crippen LogP contribution >= 0.6 is 11.6 Å². The first-order valence-corrected chi connectivity index (χ1v) is 7.13. The Morgan fingerprint density at radius 3 is 2.81 bits per heavy atom. The minimum atomic E-state index is -1.03. The van der Waals surface area contributed by atoms with Gasteiger partial charge in [-0.15, -0.1) is 0 Å². The summed E-state index contributed by atoms with van der Waals surface area (Å²) in [6, 6.07) is 4.79. The van der Waals surface area contributed by atoms with Gasteiger partial charge in [-0.1, -0.05) is 17.7 Å². The van der Waals surface area contributed by atoms with Crippen LogP contribution in [-0.2, 0) is 9.59 Å². The van der Waals surface area contributed by atoms with Crippen LogP contribution < -0.4 is 10.6 Å². The van der Waals surface area contributed by atoms with Gasteiger partial charge >= 0.3 is 5.97 Å². The molecule has 112 valence electrons. The van der Waals surface area contributed by atoms with Crippen LogP contribution in [0.15, 0.2) is 24.3 Å². The van der Waals surface area contributed by atoms with Gasteiger partial charge in [0.1, 0.15) is 6.04 Å². The van der Waals surface area contributed by atoms with Crippen LogP contribution in [0.2, 0.25) is 5.02 Å². The maximum absolute atomic E-state index is 11.6. The molecule has 21 heavy (non-hydrogen) atoms. The van der Waals surface area contributed by atoms with E-state index < -0.39 is 5.97 Å². The zero-order valence-corrected chi connectivity index (χ0v) is 12.2. The number of carbonyl (C=O) groups is 2. The summed E-state index contributed by atoms with van der Waals surface area (Å²) in [7, 11) is 0. The number of amides is 1. The van der Waals surface area contributed by atoms with Crippen molar-refractivity contribution in [3.05, 3.63) is 34.9 Å². The van der Waals surface area contributed by atoms with E-state index in [4.69, 9.17) is 22.4 Å². The molecule has 1 saturated heterocycles. The summed E-state index contributed by atoms with van der Waals surface area (Å²) in [5.74, 6) is -1.40. The van der Waals surface area contributed by atoms with Crippen LogP contribution in [0.3, 0.4) is 0 Å². The van der Waals surface area contributed by atoms with E-state index in [0.717, 1.165) is 24.6 Å². The molecule has 2 rings (SSSR count). The molecule has 5 nitrogen and oxygen atoms in total. The smallest absolute Gasteiger partial charge is 0.328 e. The first-order valence-electron chi connectivity index (χ1n) is 6.75. The number of nitrogens with two attached hydrogens (primary N) is 1. The highest BCUT2D eigenvalue weighted by Gasteiger charge is 2.28. The van der Waals surface area contributed by atoms with E-state index >= 15 is 0 Å². The Morgan fingerprint density at radius 2 is 2.14 bits per heavy atom. The fraction of sp³-hybridized carbons (Fsp3) is 0.333. The molecule has 0 spiro atoms. The molecule has 1 heterocycles. The standard InChI is InChI=1S/C15H17ClN2O3/c16-11-6-4-10(5-7-14(19)20)13(9-11)18-8-2-1-3-12(18)15(17)21/h4-7,9,12H,1-3,8H2,(H2,17,21)(H,19,20)/b7-5+. The number of aliphatic carboxylic acids is 1. The monoisotopic (exact) mass is 308 g/mol. The van der Waals surface area contributed by atoms with Gasteiger partial charge in [-0.05, 0) is 43.0 Å². The Kier molecular flexibility index (Phi) is 4.85. The normalized spacial score (nSPS) is 18.9. The van der Waals surface area contributed by atoms with Gasteiger partial charge in [-0.25, -0.2) is 4.79 Å². The van der Waals surface area contributed by atoms with Crippen LogP contribution in [0.25, 0.3) is 6.08 Å². The summed E-state index contributed by atoms with van der Waals surface area (Å²) >= 11 is 6.04. The predicted molar refractivity (Wildman–Crippen MR) is 82.3 cm³/mol. The van der Waals surface area contributed by atoms with E-state index in [0.29, 0.717) is 23.6 Å². The van der Waals surface area contributed by atoms with Gasteiger partial charge in [0.2, 0.25) is 5.91 Å². The van der Waals surface area contributed by atoms with E-state index in [1.165, 1.54) is 6.08 Å². The Hall–Kier alpha value is -2.01. The number of carboxylic acids is 1. The third-order valence-corrected chi connectivity index (χ3v) is 3.77. The average molecular weight is 309 g/mol. The molecule has 0 bridgehead atoms. The molecule has 0 radical (unpaired) electrons. The number of nitrogens with zero attached hydrogens (tertiary/aromatic N) is 1. The quantitative estimate of drug-likeness (QED) is 0.836. The van der Waals surface area contributed by atoms with Gasteiger partial charge in [0.15, 0.2) is 0 Å². The number of anilines is 1. The average Bonchev–Trinajstić information content (AvgIpc) is 2.45. The van der Waals surface area contributed by atoms with Crippen molar-refractivity contribution >= 4 is 35.2 Å². The number of piperidine rings is 1. The Morgan fingerprint density at radius 1 is 1.38 bits per heavy atom. The van der Waals surface area contributed by atoms with Crippen molar-refractivity contribution in [1.82, 2.24) is 0 Å². The fourth-order valence-electron chi connectivity index (χ4n) is 2.58. The maximum atomic E-state index is 11.6. The number of hydrogen-bond acceptors (Lipinski definition) is 3. The third-order valence-electron chi connectivity index (χ3n) is 3.54. The van der Waals surface area contributed by atoms with Gasteiger partial charge in [0.25, 0.3) is 0 Å². The lowest BCUT2D eigenvalue weighted by atomic mass is 9.99. The molecule has 1 amide bonds. The molecule has 0 aromatic heterocycles. The second-order valence-electron chi connectivity index (χ2n) is 4.98. The lowest BCUT2D eigenvalue weighted by Gasteiger charge is -2.36. The molecule has 0 aliphatic carbocycles. The first-order chi connectivity index (χ1) is 9.99. The van der Waals surface area contributed by atoms with Crippen molar-refractivity contribution in [3.8, 4) is 0 Å². The number of benzene rings is 1. The van der Waals surface area contributed by atoms with Gasteiger partial charge in [0, 0.05) is 23.3 Å². The van der Waals surface area contributed by atoms with Gasteiger partial charge in [-0.3, -0.25) is 4.79 Å². The molecule has 1 atom stereocenters. The molecule has 6 heteroatoms. The minimum Gasteiger partial charge on any atom is -0.478 e. The highest BCUT2D eigenvalue weighted by Crippen LogP contribution is 2.31. The van der Waals surface area contributed by atoms with Gasteiger partial charge in [-0.2, -0.15) is 0 Å². The number of halogens is 1. The number of carboxylic acid groups (broad SMARTS) is 1. The third kappa shape index (κ3) is 3.76. The molecule has 1 aliphatic rings. The van der Waals surface area contributed by atoms with Crippen molar-refractivity contribution in [2.75, 3.05) is 11.4 Å². The lowest BCUT2D eigenvalue weighted by Crippen LogP contribution is -2.48. The highest BCUT2D eigenvalue weighted by atomic mass is 35.5. The molecular weight excluding hydrogens is 292 g/mol. The molecule has 1 aliphatic heterocycles. The topological polar surface area (TPSA) is 83.6 Å². The number of rotatable bonds is 4. The van der Waals surface area contributed by atoms with Crippen LogP contribution in [0.4, 0.5) is 5.69 Å². The molecule has 1 unspecified atom stereocenters. The Labute approximate surface area is 128 Å². The van der Waals surface area contributed by atoms with Gasteiger partial charge in [0.05, 0.1) is 0 Å². The Bertz CT molecular complexity index is 586. The number of primary amides is 1. The van der Waals surface area contributed by atoms with Crippen molar-refractivity contribution in [2.45, 2.75) is 25.3 Å². The summed E-state index contributed by atoms with van der Waals surface area (Å²) < 4.78 is 0. The molecule has 0 saturated carbocycles. The van der Waals surface area contributed by atoms with E-state index in [2.05, 4.69) is 0 Å². The summed E-state index contributed by atoms with van der Waals surface area (Å²) in [6.45, 7) is 0.696. The zero-order chi connectivity index (χ0) is 15.4. The Balaban J connectivity index is 2.42. The van der Waals surface area contributed by atoms with E-state index in [-0.39, 0.29) is 11.9 Å². The van der Waals surface area contributed by atoms with E-state index in [1.807, 2.05) is 4.90 Å². The maximum Gasteiger partial charge on any atom is 0.328 e. The molecule has 1 aromatic carbocycles. The first kappa shape index (κ1) is 15.4. The van der Waals surface area contributed by atoms with E-state index in [1.54, 1.807) is 18.2 Å². The summed E-state index contributed by atoms with van der Waals surface area (Å²) in [6.07, 6.45) is 5.17.